The van der Waals surface area contributed by atoms with E-state index >= 15 is 0 Å². The van der Waals surface area contributed by atoms with Crippen molar-refractivity contribution in [3.05, 3.63) is 65.2 Å². The fourth-order valence-corrected chi connectivity index (χ4v) is 3.44. The molecule has 128 valence electrons. The Morgan fingerprint density at radius 1 is 1.16 bits per heavy atom. The Balaban J connectivity index is 1.68. The van der Waals surface area contributed by atoms with Crippen molar-refractivity contribution in [1.82, 2.24) is 9.96 Å². The highest BCUT2D eigenvalue weighted by Crippen LogP contribution is 2.45. The number of urea groups is 1. The van der Waals surface area contributed by atoms with E-state index in [1.807, 2.05) is 30.3 Å². The molecular weight excluding hydrogens is 324 g/mol. The third kappa shape index (κ3) is 2.49. The van der Waals surface area contributed by atoms with Crippen LogP contribution in [-0.4, -0.2) is 38.7 Å². The highest BCUT2D eigenvalue weighted by molar-refractivity contribution is 5.87. The molecule has 2 N–H and O–H groups in total. The van der Waals surface area contributed by atoms with E-state index in [-0.39, 0.29) is 18.9 Å². The van der Waals surface area contributed by atoms with Crippen molar-refractivity contribution in [3.8, 4) is 5.75 Å². The highest BCUT2D eigenvalue weighted by Gasteiger charge is 2.51. The monoisotopic (exact) mass is 340 g/mol. The zero-order valence-electron chi connectivity index (χ0n) is 13.2. The molecule has 2 unspecified atom stereocenters. The Labute approximate surface area is 143 Å². The van der Waals surface area contributed by atoms with Gasteiger partial charge in [0.05, 0.1) is 6.54 Å². The van der Waals surface area contributed by atoms with Gasteiger partial charge in [0.15, 0.2) is 6.04 Å². The van der Waals surface area contributed by atoms with Crippen molar-refractivity contribution in [1.29, 1.82) is 0 Å². The van der Waals surface area contributed by atoms with E-state index < -0.39 is 24.1 Å². The molecule has 2 amide bonds. The van der Waals surface area contributed by atoms with E-state index in [4.69, 9.17) is 4.84 Å². The molecule has 2 heterocycles. The molecule has 4 rings (SSSR count). The third-order valence-corrected chi connectivity index (χ3v) is 4.57. The summed E-state index contributed by atoms with van der Waals surface area (Å²) >= 11 is 0. The number of carboxylic acids is 1. The van der Waals surface area contributed by atoms with Crippen molar-refractivity contribution >= 4 is 12.0 Å². The number of amides is 2. The second-order valence-electron chi connectivity index (χ2n) is 6.09. The van der Waals surface area contributed by atoms with Crippen molar-refractivity contribution in [2.75, 3.05) is 6.54 Å². The van der Waals surface area contributed by atoms with E-state index in [1.54, 1.807) is 6.07 Å². The minimum atomic E-state index is -1.11. The number of fused-ring (bicyclic) bond motifs is 4. The Bertz CT molecular complexity index is 839. The first-order valence-electron chi connectivity index (χ1n) is 7.88. The maximum atomic E-state index is 12.7. The second-order valence-corrected chi connectivity index (χ2v) is 6.09. The maximum absolute atomic E-state index is 12.7. The minimum Gasteiger partial charge on any atom is -0.508 e. The van der Waals surface area contributed by atoms with Crippen LogP contribution in [0.1, 0.15) is 28.8 Å². The first kappa shape index (κ1) is 15.5. The number of benzene rings is 2. The third-order valence-electron chi connectivity index (χ3n) is 4.57. The number of carbonyl (C=O) groups excluding carboxylic acids is 1. The summed E-state index contributed by atoms with van der Waals surface area (Å²) in [4.78, 5) is 31.4. The molecule has 0 radical (unpaired) electrons. The Morgan fingerprint density at radius 3 is 2.64 bits per heavy atom. The molecule has 25 heavy (non-hydrogen) atoms. The molecule has 0 aliphatic carbocycles. The summed E-state index contributed by atoms with van der Waals surface area (Å²) in [6.07, 6.45) is 0. The lowest BCUT2D eigenvalue weighted by Crippen LogP contribution is -2.38. The van der Waals surface area contributed by atoms with E-state index in [2.05, 4.69) is 0 Å². The van der Waals surface area contributed by atoms with Crippen LogP contribution in [0.2, 0.25) is 0 Å². The van der Waals surface area contributed by atoms with E-state index in [0.717, 1.165) is 5.56 Å². The lowest BCUT2D eigenvalue weighted by molar-refractivity contribution is -0.143. The van der Waals surface area contributed by atoms with Gasteiger partial charge in [0.2, 0.25) is 0 Å². The van der Waals surface area contributed by atoms with Crippen LogP contribution in [0.4, 0.5) is 4.79 Å². The van der Waals surface area contributed by atoms with Gasteiger partial charge in [-0.1, -0.05) is 36.4 Å². The number of hydrogen-bond donors (Lipinski definition) is 2. The smallest absolute Gasteiger partial charge is 0.345 e. The largest absolute Gasteiger partial charge is 0.508 e. The first-order chi connectivity index (χ1) is 12.1. The van der Waals surface area contributed by atoms with Gasteiger partial charge in [0, 0.05) is 0 Å². The highest BCUT2D eigenvalue weighted by atomic mass is 16.7. The van der Waals surface area contributed by atoms with Gasteiger partial charge in [0.1, 0.15) is 18.4 Å². The van der Waals surface area contributed by atoms with E-state index in [0.29, 0.717) is 11.1 Å². The molecule has 0 saturated carbocycles. The molecule has 7 heteroatoms. The quantitative estimate of drug-likeness (QED) is 0.892. The Hall–Kier alpha value is -3.06. The van der Waals surface area contributed by atoms with Gasteiger partial charge < -0.3 is 15.1 Å². The lowest BCUT2D eigenvalue weighted by atomic mass is 9.91. The zero-order chi connectivity index (χ0) is 17.6. The molecule has 2 aromatic rings. The summed E-state index contributed by atoms with van der Waals surface area (Å²) in [7, 11) is 0. The van der Waals surface area contributed by atoms with Crippen LogP contribution in [0.15, 0.2) is 48.5 Å². The van der Waals surface area contributed by atoms with Gasteiger partial charge in [-0.25, -0.2) is 9.59 Å². The molecule has 7 nitrogen and oxygen atoms in total. The fourth-order valence-electron chi connectivity index (χ4n) is 3.44. The second kappa shape index (κ2) is 5.78. The number of phenols is 1. The molecule has 2 aromatic carbocycles. The zero-order valence-corrected chi connectivity index (χ0v) is 13.2. The number of nitrogens with zero attached hydrogens (tertiary/aromatic N) is 2. The summed E-state index contributed by atoms with van der Waals surface area (Å²) in [5.41, 5.74) is 2.00. The average Bonchev–Trinajstić information content (AvgIpc) is 2.88. The van der Waals surface area contributed by atoms with Crippen molar-refractivity contribution in [2.24, 2.45) is 0 Å². The topological polar surface area (TPSA) is 90.3 Å². The SMILES string of the molecule is O=C(O)C1c2ccc(O)cc2C2CN1C(=O)N2OCc1ccccc1. The standard InChI is InChI=1S/C18H16N2O5/c21-12-6-7-13-14(8-12)15-9-19(16(13)17(22)23)18(24)20(15)25-10-11-4-2-1-3-5-11/h1-8,15-16,21H,9-10H2,(H,22,23). The number of rotatable bonds is 4. The van der Waals surface area contributed by atoms with Gasteiger partial charge in [-0.05, 0) is 28.8 Å². The van der Waals surface area contributed by atoms with Crippen LogP contribution in [-0.2, 0) is 16.2 Å². The van der Waals surface area contributed by atoms with Crippen LogP contribution >= 0.6 is 0 Å². The average molecular weight is 340 g/mol. The molecule has 2 atom stereocenters. The number of phenolic OH excluding ortho intramolecular Hbond substituents is 1. The number of aromatic hydroxyl groups is 1. The molecule has 2 aliphatic heterocycles. The van der Waals surface area contributed by atoms with Crippen molar-refractivity contribution in [3.63, 3.8) is 0 Å². The van der Waals surface area contributed by atoms with Crippen LogP contribution in [0.5, 0.6) is 5.75 Å². The minimum absolute atomic E-state index is 0.0266. The first-order valence-corrected chi connectivity index (χ1v) is 7.88. The van der Waals surface area contributed by atoms with Gasteiger partial charge in [-0.2, -0.15) is 5.06 Å². The van der Waals surface area contributed by atoms with Crippen molar-refractivity contribution < 1.29 is 24.6 Å². The molecule has 0 aromatic heterocycles. The summed E-state index contributed by atoms with van der Waals surface area (Å²) in [5, 5.41) is 20.6. The number of carboxylic acid groups (broad SMARTS) is 1. The number of aliphatic carboxylic acids is 1. The van der Waals surface area contributed by atoms with Crippen molar-refractivity contribution in [2.45, 2.75) is 18.7 Å². The molecule has 2 aliphatic rings. The number of hydroxylamine groups is 2. The lowest BCUT2D eigenvalue weighted by Gasteiger charge is -2.30. The van der Waals surface area contributed by atoms with Gasteiger partial charge >= 0.3 is 12.0 Å². The van der Waals surface area contributed by atoms with Crippen LogP contribution in [0.25, 0.3) is 0 Å². The molecule has 2 bridgehead atoms. The van der Waals surface area contributed by atoms with Crippen LogP contribution < -0.4 is 0 Å². The molecular formula is C18H16N2O5. The predicted octanol–water partition coefficient (Wildman–Crippen LogP) is 2.44. The van der Waals surface area contributed by atoms with Gasteiger partial charge in [-0.3, -0.25) is 4.84 Å². The molecule has 1 saturated heterocycles. The van der Waals surface area contributed by atoms with Gasteiger partial charge in [0.25, 0.3) is 0 Å². The molecule has 0 spiro atoms. The fraction of sp³-hybridized carbons (Fsp3) is 0.222. The van der Waals surface area contributed by atoms with Crippen LogP contribution in [0.3, 0.4) is 0 Å². The predicted molar refractivity (Wildman–Crippen MR) is 86.4 cm³/mol. The maximum Gasteiger partial charge on any atom is 0.345 e. The number of carbonyl (C=O) groups is 2. The Kier molecular flexibility index (Phi) is 3.58. The number of hydrogen-bond acceptors (Lipinski definition) is 4. The van der Waals surface area contributed by atoms with Crippen LogP contribution in [0, 0.1) is 0 Å². The summed E-state index contributed by atoms with van der Waals surface area (Å²) < 4.78 is 0. The van der Waals surface area contributed by atoms with E-state index in [1.165, 1.54) is 22.1 Å². The Morgan fingerprint density at radius 2 is 1.92 bits per heavy atom. The summed E-state index contributed by atoms with van der Waals surface area (Å²) in [6.45, 7) is 0.407. The normalized spacial score (nSPS) is 21.4. The summed E-state index contributed by atoms with van der Waals surface area (Å²) in [6, 6.07) is 11.9. The summed E-state index contributed by atoms with van der Waals surface area (Å²) in [5.74, 6) is -1.08. The molecule has 1 fully saturated rings. The van der Waals surface area contributed by atoms with E-state index in [9.17, 15) is 19.8 Å². The van der Waals surface area contributed by atoms with Gasteiger partial charge in [-0.15, -0.1) is 0 Å².